The molecule has 14 heavy (non-hydrogen) atoms. The molecule has 3 heteroatoms. The molecule has 1 fully saturated rings. The summed E-state index contributed by atoms with van der Waals surface area (Å²) < 4.78 is 0. The Kier molecular flexibility index (Phi) is 2.65. The second kappa shape index (κ2) is 3.23. The lowest BCUT2D eigenvalue weighted by molar-refractivity contribution is -0.170. The second-order valence-electron chi connectivity index (χ2n) is 5.50. The van der Waals surface area contributed by atoms with Crippen LogP contribution in [0.5, 0.6) is 0 Å². The number of nitrogens with zero attached hydrogens (tertiary/aromatic N) is 1. The first-order chi connectivity index (χ1) is 6.24. The van der Waals surface area contributed by atoms with Gasteiger partial charge in [-0.1, -0.05) is 20.8 Å². The third-order valence-electron chi connectivity index (χ3n) is 3.93. The number of hydrogen-bond donors (Lipinski definition) is 1. The third kappa shape index (κ3) is 1.44. The van der Waals surface area contributed by atoms with Crippen LogP contribution in [0.3, 0.4) is 0 Å². The van der Waals surface area contributed by atoms with Gasteiger partial charge in [-0.2, -0.15) is 0 Å². The van der Waals surface area contributed by atoms with E-state index in [-0.39, 0.29) is 22.8 Å². The zero-order chi connectivity index (χ0) is 11.1. The predicted molar refractivity (Wildman–Crippen MR) is 57.8 cm³/mol. The summed E-state index contributed by atoms with van der Waals surface area (Å²) in [4.78, 5) is 13.9. The van der Waals surface area contributed by atoms with Crippen LogP contribution in [-0.4, -0.2) is 29.4 Å². The van der Waals surface area contributed by atoms with Crippen LogP contribution in [-0.2, 0) is 4.79 Å². The van der Waals surface area contributed by atoms with Crippen LogP contribution < -0.4 is 5.73 Å². The molecule has 0 saturated carbocycles. The van der Waals surface area contributed by atoms with Crippen LogP contribution in [0.1, 0.15) is 34.6 Å². The molecule has 0 bridgehead atoms. The number of carbonyl (C=O) groups is 1. The van der Waals surface area contributed by atoms with Crippen molar-refractivity contribution in [3.63, 3.8) is 0 Å². The molecule has 0 aromatic rings. The van der Waals surface area contributed by atoms with E-state index in [1.165, 1.54) is 0 Å². The van der Waals surface area contributed by atoms with Crippen LogP contribution in [0.15, 0.2) is 0 Å². The van der Waals surface area contributed by atoms with Crippen molar-refractivity contribution in [3.05, 3.63) is 0 Å². The van der Waals surface area contributed by atoms with Gasteiger partial charge >= 0.3 is 0 Å². The van der Waals surface area contributed by atoms with Crippen molar-refractivity contribution in [2.45, 2.75) is 40.2 Å². The number of carbonyl (C=O) groups excluding carboxylic acids is 1. The fourth-order valence-corrected chi connectivity index (χ4v) is 1.78. The summed E-state index contributed by atoms with van der Waals surface area (Å²) in [6.45, 7) is 11.8. The fraction of sp³-hybridized carbons (Fsp3) is 0.909. The largest absolute Gasteiger partial charge is 0.336 e. The van der Waals surface area contributed by atoms with E-state index in [9.17, 15) is 4.79 Å². The van der Waals surface area contributed by atoms with Crippen molar-refractivity contribution in [1.29, 1.82) is 0 Å². The van der Waals surface area contributed by atoms with Gasteiger partial charge in [-0.3, -0.25) is 4.79 Å². The van der Waals surface area contributed by atoms with E-state index in [2.05, 4.69) is 27.7 Å². The van der Waals surface area contributed by atoms with Gasteiger partial charge in [0.1, 0.15) is 0 Å². The molecule has 1 aliphatic heterocycles. The smallest absolute Gasteiger partial charge is 0.227 e. The Hall–Kier alpha value is -0.570. The van der Waals surface area contributed by atoms with E-state index in [0.29, 0.717) is 6.54 Å². The molecule has 1 aliphatic rings. The first-order valence-corrected chi connectivity index (χ1v) is 5.25. The zero-order valence-electron chi connectivity index (χ0n) is 9.92. The van der Waals surface area contributed by atoms with Crippen LogP contribution in [0.25, 0.3) is 0 Å². The van der Waals surface area contributed by atoms with Crippen molar-refractivity contribution in [2.75, 3.05) is 13.1 Å². The summed E-state index contributed by atoms with van der Waals surface area (Å²) in [5.41, 5.74) is 5.68. The Bertz CT molecular complexity index is 246. The topological polar surface area (TPSA) is 46.3 Å². The first kappa shape index (κ1) is 11.5. The number of amides is 1. The molecular formula is C11H22N2O. The molecule has 0 aliphatic carbocycles. The van der Waals surface area contributed by atoms with Gasteiger partial charge in [-0.25, -0.2) is 0 Å². The Morgan fingerprint density at radius 3 is 2.21 bits per heavy atom. The molecule has 0 aromatic carbocycles. The molecule has 82 valence electrons. The summed E-state index contributed by atoms with van der Waals surface area (Å²) >= 11 is 0. The highest BCUT2D eigenvalue weighted by molar-refractivity contribution is 5.80. The predicted octanol–water partition coefficient (Wildman–Crippen LogP) is 1.23. The minimum Gasteiger partial charge on any atom is -0.336 e. The first-order valence-electron chi connectivity index (χ1n) is 5.25. The van der Waals surface area contributed by atoms with Gasteiger partial charge in [0, 0.05) is 30.0 Å². The molecule has 1 saturated heterocycles. The average Bonchev–Trinajstić information content (AvgIpc) is 2.11. The van der Waals surface area contributed by atoms with Crippen molar-refractivity contribution in [1.82, 2.24) is 4.90 Å². The number of nitrogens with two attached hydrogens (primary N) is 1. The molecule has 1 heterocycles. The molecular weight excluding hydrogens is 176 g/mol. The van der Waals surface area contributed by atoms with Gasteiger partial charge in [0.2, 0.25) is 5.91 Å². The summed E-state index contributed by atoms with van der Waals surface area (Å²) in [6, 6.07) is 0. The van der Waals surface area contributed by atoms with Crippen LogP contribution in [0, 0.1) is 11.3 Å². The van der Waals surface area contributed by atoms with E-state index < -0.39 is 0 Å². The van der Waals surface area contributed by atoms with Crippen LogP contribution in [0.2, 0.25) is 0 Å². The summed E-state index contributed by atoms with van der Waals surface area (Å²) in [5, 5.41) is 0. The van der Waals surface area contributed by atoms with Gasteiger partial charge < -0.3 is 10.6 Å². The molecule has 0 spiro atoms. The van der Waals surface area contributed by atoms with E-state index >= 15 is 0 Å². The van der Waals surface area contributed by atoms with Gasteiger partial charge in [-0.15, -0.1) is 0 Å². The van der Waals surface area contributed by atoms with Gasteiger partial charge in [0.25, 0.3) is 0 Å². The van der Waals surface area contributed by atoms with E-state index in [0.717, 1.165) is 6.54 Å². The quantitative estimate of drug-likeness (QED) is 0.725. The number of rotatable bonds is 2. The molecule has 1 amide bonds. The Morgan fingerprint density at radius 1 is 1.43 bits per heavy atom. The molecule has 3 nitrogen and oxygen atoms in total. The molecule has 0 aromatic heterocycles. The normalized spacial score (nSPS) is 25.4. The van der Waals surface area contributed by atoms with E-state index in [1.807, 2.05) is 11.8 Å². The lowest BCUT2D eigenvalue weighted by atomic mass is 9.65. The maximum atomic E-state index is 11.9. The lowest BCUT2D eigenvalue weighted by Gasteiger charge is -2.61. The monoisotopic (exact) mass is 198 g/mol. The average molecular weight is 198 g/mol. The maximum Gasteiger partial charge on any atom is 0.227 e. The highest BCUT2D eigenvalue weighted by Gasteiger charge is 2.54. The van der Waals surface area contributed by atoms with Gasteiger partial charge in [0.05, 0.1) is 0 Å². The van der Waals surface area contributed by atoms with Crippen molar-refractivity contribution < 1.29 is 4.79 Å². The van der Waals surface area contributed by atoms with E-state index in [4.69, 9.17) is 5.73 Å². The second-order valence-corrected chi connectivity index (χ2v) is 5.50. The molecule has 0 radical (unpaired) electrons. The Balaban J connectivity index is 2.72. The summed E-state index contributed by atoms with van der Waals surface area (Å²) in [7, 11) is 0. The summed E-state index contributed by atoms with van der Waals surface area (Å²) in [5.74, 6) is 0.141. The number of likely N-dealkylation sites (tertiary alicyclic amines) is 1. The third-order valence-corrected chi connectivity index (χ3v) is 3.93. The SMILES string of the molecule is CC(CN)C(=O)N1CC(C)(C)C1(C)C. The van der Waals surface area contributed by atoms with Crippen molar-refractivity contribution in [2.24, 2.45) is 17.1 Å². The maximum absolute atomic E-state index is 11.9. The standard InChI is InChI=1S/C11H22N2O/c1-8(6-12)9(14)13-7-10(2,3)11(13,4)5/h8H,6-7,12H2,1-5H3. The number of hydrogen-bond acceptors (Lipinski definition) is 2. The molecule has 1 atom stereocenters. The van der Waals surface area contributed by atoms with Gasteiger partial charge in [0.15, 0.2) is 0 Å². The molecule has 2 N–H and O–H groups in total. The highest BCUT2D eigenvalue weighted by Crippen LogP contribution is 2.46. The Morgan fingerprint density at radius 2 is 1.93 bits per heavy atom. The highest BCUT2D eigenvalue weighted by atomic mass is 16.2. The van der Waals surface area contributed by atoms with Crippen molar-refractivity contribution in [3.8, 4) is 0 Å². The minimum atomic E-state index is -0.0506. The van der Waals surface area contributed by atoms with Crippen molar-refractivity contribution >= 4 is 5.91 Å². The van der Waals surface area contributed by atoms with Crippen LogP contribution in [0.4, 0.5) is 0 Å². The minimum absolute atomic E-state index is 0.0342. The zero-order valence-corrected chi connectivity index (χ0v) is 9.92. The molecule has 1 rings (SSSR count). The fourth-order valence-electron chi connectivity index (χ4n) is 1.78. The lowest BCUT2D eigenvalue weighted by Crippen LogP contribution is -2.71. The Labute approximate surface area is 86.6 Å². The summed E-state index contributed by atoms with van der Waals surface area (Å²) in [6.07, 6.45) is 0. The van der Waals surface area contributed by atoms with Gasteiger partial charge in [-0.05, 0) is 13.8 Å². The van der Waals surface area contributed by atoms with Crippen LogP contribution >= 0.6 is 0 Å². The molecule has 1 unspecified atom stereocenters. The van der Waals surface area contributed by atoms with E-state index in [1.54, 1.807) is 0 Å².